The molecule has 7 nitrogen and oxygen atoms in total. The summed E-state index contributed by atoms with van der Waals surface area (Å²) in [7, 11) is 0. The average Bonchev–Trinajstić information content (AvgIpc) is 2.64. The number of aromatic nitrogens is 1. The Balaban J connectivity index is 1.72. The Morgan fingerprint density at radius 1 is 1.19 bits per heavy atom. The summed E-state index contributed by atoms with van der Waals surface area (Å²) in [5, 5.41) is 0. The van der Waals surface area contributed by atoms with E-state index in [1.165, 1.54) is 18.3 Å². The standard InChI is InChI=1S/C19H21N3O4/c20-17(23)10-14-12-22(19(25)13-6-7-18(24)21-11-13)9-8-16(14)26-15-4-2-1-3-5-15/h1-7,11,14,16H,8-10,12H2,(H2,20,23)(H,21,24)/t14-,16-/m1/s1. The van der Waals surface area contributed by atoms with Crippen LogP contribution >= 0.6 is 0 Å². The van der Waals surface area contributed by atoms with Gasteiger partial charge in [-0.1, -0.05) is 18.2 Å². The van der Waals surface area contributed by atoms with Crippen molar-refractivity contribution in [3.05, 3.63) is 64.6 Å². The van der Waals surface area contributed by atoms with Crippen LogP contribution in [0.5, 0.6) is 5.75 Å². The number of pyridine rings is 1. The van der Waals surface area contributed by atoms with Gasteiger partial charge < -0.3 is 20.4 Å². The molecule has 0 spiro atoms. The molecule has 3 rings (SSSR count). The first-order chi connectivity index (χ1) is 12.5. The number of primary amides is 1. The summed E-state index contributed by atoms with van der Waals surface area (Å²) < 4.78 is 6.03. The van der Waals surface area contributed by atoms with E-state index in [1.807, 2.05) is 30.3 Å². The highest BCUT2D eigenvalue weighted by Gasteiger charge is 2.34. The number of hydrogen-bond acceptors (Lipinski definition) is 4. The third-order valence-corrected chi connectivity index (χ3v) is 4.48. The Morgan fingerprint density at radius 3 is 2.62 bits per heavy atom. The number of hydrogen-bond donors (Lipinski definition) is 2. The molecule has 0 unspecified atom stereocenters. The second kappa shape index (κ2) is 7.86. The van der Waals surface area contributed by atoms with Gasteiger partial charge in [0, 0.05) is 44.1 Å². The number of nitrogens with one attached hydrogen (secondary N) is 1. The van der Waals surface area contributed by atoms with E-state index in [-0.39, 0.29) is 29.9 Å². The van der Waals surface area contributed by atoms with Gasteiger partial charge in [-0.2, -0.15) is 0 Å². The lowest BCUT2D eigenvalue weighted by Crippen LogP contribution is -2.49. The molecule has 0 aliphatic carbocycles. The van der Waals surface area contributed by atoms with E-state index < -0.39 is 5.91 Å². The molecule has 2 amide bonds. The lowest BCUT2D eigenvalue weighted by molar-refractivity contribution is -0.120. The molecule has 2 atom stereocenters. The van der Waals surface area contributed by atoms with E-state index in [2.05, 4.69) is 4.98 Å². The fourth-order valence-corrected chi connectivity index (χ4v) is 3.20. The molecule has 0 radical (unpaired) electrons. The van der Waals surface area contributed by atoms with Crippen LogP contribution in [0.15, 0.2) is 53.5 Å². The van der Waals surface area contributed by atoms with Gasteiger partial charge in [0.25, 0.3) is 5.91 Å². The van der Waals surface area contributed by atoms with Crippen LogP contribution in [-0.2, 0) is 4.79 Å². The predicted octanol–water partition coefficient (Wildman–Crippen LogP) is 1.16. The van der Waals surface area contributed by atoms with E-state index in [0.29, 0.717) is 25.1 Å². The number of para-hydroxylation sites is 1. The van der Waals surface area contributed by atoms with Crippen LogP contribution < -0.4 is 16.0 Å². The molecule has 2 heterocycles. The highest BCUT2D eigenvalue weighted by atomic mass is 16.5. The second-order valence-corrected chi connectivity index (χ2v) is 6.38. The van der Waals surface area contributed by atoms with Gasteiger partial charge in [0.15, 0.2) is 0 Å². The normalized spacial score (nSPS) is 19.8. The van der Waals surface area contributed by atoms with Crippen LogP contribution in [0.1, 0.15) is 23.2 Å². The topological polar surface area (TPSA) is 105 Å². The molecule has 26 heavy (non-hydrogen) atoms. The summed E-state index contributed by atoms with van der Waals surface area (Å²) in [6, 6.07) is 12.2. The second-order valence-electron chi connectivity index (χ2n) is 6.38. The van der Waals surface area contributed by atoms with Crippen LogP contribution in [-0.4, -0.2) is 40.9 Å². The Morgan fingerprint density at radius 2 is 1.96 bits per heavy atom. The van der Waals surface area contributed by atoms with Gasteiger partial charge in [-0.3, -0.25) is 14.4 Å². The summed E-state index contributed by atoms with van der Waals surface area (Å²) in [5.74, 6) is -0.0653. The molecule has 2 aromatic rings. The number of aromatic amines is 1. The molecule has 1 fully saturated rings. The molecule has 1 aromatic heterocycles. The van der Waals surface area contributed by atoms with Gasteiger partial charge in [-0.05, 0) is 18.2 Å². The van der Waals surface area contributed by atoms with Crippen molar-refractivity contribution in [3.8, 4) is 5.75 Å². The minimum atomic E-state index is -0.421. The SMILES string of the molecule is NC(=O)C[C@@H]1CN(C(=O)c2ccc(=O)[nH]c2)CC[C@H]1Oc1ccccc1. The molecule has 0 saturated carbocycles. The number of nitrogens with zero attached hydrogens (tertiary/aromatic N) is 1. The van der Waals surface area contributed by atoms with Gasteiger partial charge in [-0.25, -0.2) is 0 Å². The van der Waals surface area contributed by atoms with Crippen LogP contribution in [0.3, 0.4) is 0 Å². The van der Waals surface area contributed by atoms with Crippen molar-refractivity contribution in [1.82, 2.24) is 9.88 Å². The van der Waals surface area contributed by atoms with Crippen molar-refractivity contribution in [3.63, 3.8) is 0 Å². The Hall–Kier alpha value is -3.09. The van der Waals surface area contributed by atoms with Crippen molar-refractivity contribution in [2.24, 2.45) is 11.7 Å². The zero-order chi connectivity index (χ0) is 18.5. The minimum Gasteiger partial charge on any atom is -0.490 e. The predicted molar refractivity (Wildman–Crippen MR) is 95.7 cm³/mol. The maximum atomic E-state index is 12.7. The molecule has 136 valence electrons. The molecule has 1 aromatic carbocycles. The van der Waals surface area contributed by atoms with Crippen molar-refractivity contribution in [1.29, 1.82) is 0 Å². The smallest absolute Gasteiger partial charge is 0.255 e. The van der Waals surface area contributed by atoms with Crippen molar-refractivity contribution >= 4 is 11.8 Å². The number of rotatable bonds is 5. The van der Waals surface area contributed by atoms with E-state index in [0.717, 1.165) is 5.75 Å². The maximum Gasteiger partial charge on any atom is 0.255 e. The first-order valence-corrected chi connectivity index (χ1v) is 8.51. The highest BCUT2D eigenvalue weighted by molar-refractivity contribution is 5.94. The summed E-state index contributed by atoms with van der Waals surface area (Å²) in [6.07, 6.45) is 1.96. The number of benzene rings is 1. The van der Waals surface area contributed by atoms with Gasteiger partial charge >= 0.3 is 0 Å². The zero-order valence-electron chi connectivity index (χ0n) is 14.3. The minimum absolute atomic E-state index is 0.146. The monoisotopic (exact) mass is 355 g/mol. The van der Waals surface area contributed by atoms with E-state index >= 15 is 0 Å². The number of likely N-dealkylation sites (tertiary alicyclic amines) is 1. The molecule has 3 N–H and O–H groups in total. The molecule has 1 saturated heterocycles. The number of H-pyrrole nitrogens is 1. The Kier molecular flexibility index (Phi) is 5.36. The summed E-state index contributed by atoms with van der Waals surface area (Å²) >= 11 is 0. The Labute approximate surface area is 150 Å². The summed E-state index contributed by atoms with van der Waals surface area (Å²) in [5.41, 5.74) is 5.54. The van der Waals surface area contributed by atoms with E-state index in [4.69, 9.17) is 10.5 Å². The molecular weight excluding hydrogens is 334 g/mol. The van der Waals surface area contributed by atoms with Crippen LogP contribution in [0.25, 0.3) is 0 Å². The number of amides is 2. The highest BCUT2D eigenvalue weighted by Crippen LogP contribution is 2.26. The third-order valence-electron chi connectivity index (χ3n) is 4.48. The molecular formula is C19H21N3O4. The van der Waals surface area contributed by atoms with Crippen LogP contribution in [0.4, 0.5) is 0 Å². The first-order valence-electron chi connectivity index (χ1n) is 8.51. The third kappa shape index (κ3) is 4.30. The Bertz CT molecular complexity index is 814. The fraction of sp³-hybridized carbons (Fsp3) is 0.316. The van der Waals surface area contributed by atoms with Gasteiger partial charge in [0.1, 0.15) is 11.9 Å². The fourth-order valence-electron chi connectivity index (χ4n) is 3.20. The van der Waals surface area contributed by atoms with Gasteiger partial charge in [0.2, 0.25) is 11.5 Å². The lowest BCUT2D eigenvalue weighted by Gasteiger charge is -2.38. The lowest BCUT2D eigenvalue weighted by atomic mass is 9.90. The summed E-state index contributed by atoms with van der Waals surface area (Å²) in [4.78, 5) is 39.5. The van der Waals surface area contributed by atoms with Crippen molar-refractivity contribution in [2.45, 2.75) is 18.9 Å². The zero-order valence-corrected chi connectivity index (χ0v) is 14.3. The molecule has 1 aliphatic rings. The van der Waals surface area contributed by atoms with Crippen LogP contribution in [0, 0.1) is 5.92 Å². The number of carbonyl (C=O) groups is 2. The molecule has 1 aliphatic heterocycles. The number of nitrogens with two attached hydrogens (primary N) is 1. The largest absolute Gasteiger partial charge is 0.490 e. The average molecular weight is 355 g/mol. The maximum absolute atomic E-state index is 12.7. The molecule has 7 heteroatoms. The molecule has 0 bridgehead atoms. The van der Waals surface area contributed by atoms with E-state index in [1.54, 1.807) is 4.90 Å². The number of piperidine rings is 1. The quantitative estimate of drug-likeness (QED) is 0.839. The van der Waals surface area contributed by atoms with Crippen molar-refractivity contribution < 1.29 is 14.3 Å². The number of ether oxygens (including phenoxy) is 1. The van der Waals surface area contributed by atoms with Crippen LogP contribution in [0.2, 0.25) is 0 Å². The number of carbonyl (C=O) groups excluding carboxylic acids is 2. The van der Waals surface area contributed by atoms with Crippen molar-refractivity contribution in [2.75, 3.05) is 13.1 Å². The summed E-state index contributed by atoms with van der Waals surface area (Å²) in [6.45, 7) is 0.878. The van der Waals surface area contributed by atoms with Gasteiger partial charge in [0.05, 0.1) is 5.56 Å². The van der Waals surface area contributed by atoms with Gasteiger partial charge in [-0.15, -0.1) is 0 Å². The van der Waals surface area contributed by atoms with E-state index in [9.17, 15) is 14.4 Å². The first kappa shape index (κ1) is 17.7.